The summed E-state index contributed by atoms with van der Waals surface area (Å²) in [7, 11) is 1.69. The summed E-state index contributed by atoms with van der Waals surface area (Å²) in [6.07, 6.45) is 0. The summed E-state index contributed by atoms with van der Waals surface area (Å²) in [6, 6.07) is 7.53. The summed E-state index contributed by atoms with van der Waals surface area (Å²) in [5.41, 5.74) is 4.18. The van der Waals surface area contributed by atoms with Crippen LogP contribution < -0.4 is 5.76 Å². The number of benzene rings is 1. The average Bonchev–Trinajstić information content (AvgIpc) is 2.85. The third-order valence-electron chi connectivity index (χ3n) is 2.79. The molecule has 0 saturated carbocycles. The lowest BCUT2D eigenvalue weighted by Gasteiger charge is -1.96. The van der Waals surface area contributed by atoms with Crippen molar-refractivity contribution in [1.29, 1.82) is 0 Å². The number of rotatable bonds is 1. The van der Waals surface area contributed by atoms with Gasteiger partial charge >= 0.3 is 5.76 Å². The van der Waals surface area contributed by atoms with Gasteiger partial charge in [-0.1, -0.05) is 0 Å². The standard InChI is InChI=1S/C12H11N3O2/c1-7-5-9(14-13-7)8-3-4-11-10(6-8)15(2)12(16)17-11/h3-6H,1-2H3,(H,13,14). The van der Waals surface area contributed by atoms with E-state index in [2.05, 4.69) is 10.2 Å². The minimum atomic E-state index is -0.352. The lowest BCUT2D eigenvalue weighted by atomic mass is 10.1. The lowest BCUT2D eigenvalue weighted by molar-refractivity contribution is 0.528. The quantitative estimate of drug-likeness (QED) is 0.692. The topological polar surface area (TPSA) is 63.8 Å². The smallest absolute Gasteiger partial charge is 0.408 e. The van der Waals surface area contributed by atoms with Crippen molar-refractivity contribution in [2.45, 2.75) is 6.92 Å². The maximum Gasteiger partial charge on any atom is 0.419 e. The van der Waals surface area contributed by atoms with Crippen LogP contribution in [-0.4, -0.2) is 14.8 Å². The van der Waals surface area contributed by atoms with Gasteiger partial charge in [0.05, 0.1) is 11.2 Å². The summed E-state index contributed by atoms with van der Waals surface area (Å²) in [6.45, 7) is 1.95. The molecule has 0 fully saturated rings. The zero-order valence-corrected chi connectivity index (χ0v) is 9.52. The third-order valence-corrected chi connectivity index (χ3v) is 2.79. The van der Waals surface area contributed by atoms with Gasteiger partial charge in [-0.05, 0) is 31.2 Å². The van der Waals surface area contributed by atoms with Crippen molar-refractivity contribution in [3.8, 4) is 11.3 Å². The van der Waals surface area contributed by atoms with Crippen LogP contribution in [-0.2, 0) is 7.05 Å². The van der Waals surface area contributed by atoms with Crippen LogP contribution in [0, 0.1) is 6.92 Å². The van der Waals surface area contributed by atoms with Crippen LogP contribution in [0.5, 0.6) is 0 Å². The van der Waals surface area contributed by atoms with Crippen LogP contribution in [0.4, 0.5) is 0 Å². The number of aromatic amines is 1. The van der Waals surface area contributed by atoms with Crippen LogP contribution >= 0.6 is 0 Å². The SMILES string of the molecule is Cc1cc(-c2ccc3oc(=O)n(C)c3c2)n[nH]1. The predicted octanol–water partition coefficient (Wildman–Crippen LogP) is 1.83. The molecule has 3 rings (SSSR count). The van der Waals surface area contributed by atoms with Gasteiger partial charge in [-0.2, -0.15) is 5.10 Å². The second kappa shape index (κ2) is 3.35. The maximum absolute atomic E-state index is 11.4. The van der Waals surface area contributed by atoms with E-state index in [0.29, 0.717) is 5.58 Å². The third kappa shape index (κ3) is 1.47. The molecule has 5 heteroatoms. The van der Waals surface area contributed by atoms with E-state index in [4.69, 9.17) is 4.42 Å². The summed E-state index contributed by atoms with van der Waals surface area (Å²) < 4.78 is 6.56. The molecule has 0 unspecified atom stereocenters. The zero-order chi connectivity index (χ0) is 12.0. The number of aryl methyl sites for hydroxylation is 2. The molecule has 0 atom stereocenters. The highest BCUT2D eigenvalue weighted by atomic mass is 16.4. The molecule has 0 saturated heterocycles. The largest absolute Gasteiger partial charge is 0.419 e. The Morgan fingerprint density at radius 3 is 2.88 bits per heavy atom. The number of fused-ring (bicyclic) bond motifs is 1. The average molecular weight is 229 g/mol. The molecule has 2 heterocycles. The molecule has 0 aliphatic heterocycles. The van der Waals surface area contributed by atoms with Gasteiger partial charge in [0.2, 0.25) is 0 Å². The number of hydrogen-bond acceptors (Lipinski definition) is 3. The minimum absolute atomic E-state index is 0.352. The van der Waals surface area contributed by atoms with Crippen molar-refractivity contribution in [3.05, 3.63) is 40.5 Å². The molecule has 17 heavy (non-hydrogen) atoms. The first-order valence-electron chi connectivity index (χ1n) is 5.27. The van der Waals surface area contributed by atoms with Gasteiger partial charge < -0.3 is 4.42 Å². The van der Waals surface area contributed by atoms with Crippen molar-refractivity contribution < 1.29 is 4.42 Å². The number of aromatic nitrogens is 3. The molecule has 0 spiro atoms. The maximum atomic E-state index is 11.4. The second-order valence-corrected chi connectivity index (χ2v) is 4.05. The molecule has 0 aliphatic rings. The Balaban J connectivity index is 2.25. The zero-order valence-electron chi connectivity index (χ0n) is 9.52. The van der Waals surface area contributed by atoms with Crippen LogP contribution in [0.1, 0.15) is 5.69 Å². The number of nitrogens with one attached hydrogen (secondary N) is 1. The van der Waals surface area contributed by atoms with Crippen LogP contribution in [0.3, 0.4) is 0 Å². The molecule has 1 aromatic carbocycles. The summed E-state index contributed by atoms with van der Waals surface area (Å²) in [4.78, 5) is 11.4. The van der Waals surface area contributed by atoms with E-state index in [1.165, 1.54) is 4.57 Å². The van der Waals surface area contributed by atoms with Crippen molar-refractivity contribution in [3.63, 3.8) is 0 Å². The first kappa shape index (κ1) is 9.89. The van der Waals surface area contributed by atoms with E-state index in [0.717, 1.165) is 22.5 Å². The first-order valence-corrected chi connectivity index (χ1v) is 5.27. The fourth-order valence-corrected chi connectivity index (χ4v) is 1.85. The Bertz CT molecular complexity index is 749. The van der Waals surface area contributed by atoms with Gasteiger partial charge in [-0.25, -0.2) is 4.79 Å². The van der Waals surface area contributed by atoms with E-state index >= 15 is 0 Å². The molecular weight excluding hydrogens is 218 g/mol. The molecule has 86 valence electrons. The van der Waals surface area contributed by atoms with E-state index in [1.54, 1.807) is 13.1 Å². The summed E-state index contributed by atoms with van der Waals surface area (Å²) in [5, 5.41) is 7.08. The summed E-state index contributed by atoms with van der Waals surface area (Å²) in [5.74, 6) is -0.352. The Morgan fingerprint density at radius 1 is 1.35 bits per heavy atom. The molecule has 2 aromatic heterocycles. The second-order valence-electron chi connectivity index (χ2n) is 4.05. The van der Waals surface area contributed by atoms with Gasteiger partial charge in [0.25, 0.3) is 0 Å². The highest BCUT2D eigenvalue weighted by Gasteiger charge is 2.08. The van der Waals surface area contributed by atoms with E-state index in [9.17, 15) is 4.79 Å². The fraction of sp³-hybridized carbons (Fsp3) is 0.167. The van der Waals surface area contributed by atoms with Crippen molar-refractivity contribution in [2.24, 2.45) is 7.05 Å². The van der Waals surface area contributed by atoms with Crippen LogP contribution in [0.25, 0.3) is 22.4 Å². The van der Waals surface area contributed by atoms with E-state index in [1.807, 2.05) is 25.1 Å². The van der Waals surface area contributed by atoms with Crippen LogP contribution in [0.15, 0.2) is 33.5 Å². The summed E-state index contributed by atoms with van der Waals surface area (Å²) >= 11 is 0. The first-order chi connectivity index (χ1) is 8.15. The Morgan fingerprint density at radius 2 is 2.18 bits per heavy atom. The molecule has 0 bridgehead atoms. The molecule has 0 amide bonds. The number of H-pyrrole nitrogens is 1. The lowest BCUT2D eigenvalue weighted by Crippen LogP contribution is -2.08. The monoisotopic (exact) mass is 229 g/mol. The number of hydrogen-bond donors (Lipinski definition) is 1. The molecule has 0 radical (unpaired) electrons. The fourth-order valence-electron chi connectivity index (χ4n) is 1.85. The van der Waals surface area contributed by atoms with Gasteiger partial charge in [0, 0.05) is 18.3 Å². The minimum Gasteiger partial charge on any atom is -0.408 e. The Labute approximate surface area is 96.7 Å². The molecule has 5 nitrogen and oxygen atoms in total. The van der Waals surface area contributed by atoms with Crippen molar-refractivity contribution in [1.82, 2.24) is 14.8 Å². The number of oxazole rings is 1. The van der Waals surface area contributed by atoms with Crippen molar-refractivity contribution in [2.75, 3.05) is 0 Å². The van der Waals surface area contributed by atoms with Gasteiger partial charge in [0.15, 0.2) is 5.58 Å². The molecule has 1 N–H and O–H groups in total. The Hall–Kier alpha value is -2.30. The molecular formula is C12H11N3O2. The predicted molar refractivity (Wildman–Crippen MR) is 63.8 cm³/mol. The highest BCUT2D eigenvalue weighted by Crippen LogP contribution is 2.22. The van der Waals surface area contributed by atoms with Gasteiger partial charge in [0.1, 0.15) is 0 Å². The highest BCUT2D eigenvalue weighted by molar-refractivity contribution is 5.79. The van der Waals surface area contributed by atoms with Crippen molar-refractivity contribution >= 4 is 11.1 Å². The van der Waals surface area contributed by atoms with E-state index < -0.39 is 0 Å². The Kier molecular flexibility index (Phi) is 1.95. The molecule has 3 aromatic rings. The van der Waals surface area contributed by atoms with E-state index in [-0.39, 0.29) is 5.76 Å². The van der Waals surface area contributed by atoms with Gasteiger partial charge in [-0.15, -0.1) is 0 Å². The van der Waals surface area contributed by atoms with Gasteiger partial charge in [-0.3, -0.25) is 9.67 Å². The van der Waals surface area contributed by atoms with Crippen LogP contribution in [0.2, 0.25) is 0 Å². The number of nitrogens with zero attached hydrogens (tertiary/aromatic N) is 2. The molecule has 0 aliphatic carbocycles. The normalized spacial score (nSPS) is 11.2.